The number of ether oxygens (including phenoxy) is 2. The summed E-state index contributed by atoms with van der Waals surface area (Å²) in [5, 5.41) is 0. The molecule has 3 aromatic carbocycles. The summed E-state index contributed by atoms with van der Waals surface area (Å²) in [6.45, 7) is 4.44. The number of hydrogen-bond donors (Lipinski definition) is 1. The number of carbonyl (C=O) groups excluding carboxylic acids is 4. The van der Waals surface area contributed by atoms with Gasteiger partial charge < -0.3 is 24.3 Å². The molecule has 0 radical (unpaired) electrons. The first-order chi connectivity index (χ1) is 32.4. The van der Waals surface area contributed by atoms with Crippen molar-refractivity contribution in [3.8, 4) is 33.5 Å². The molecule has 3 aliphatic heterocycles. The number of halogens is 2. The molecule has 1 N–H and O–H groups in total. The van der Waals surface area contributed by atoms with Crippen molar-refractivity contribution in [2.75, 3.05) is 32.8 Å². The fourth-order valence-corrected chi connectivity index (χ4v) is 12.6. The molecule has 4 aromatic rings. The van der Waals surface area contributed by atoms with Crippen LogP contribution < -0.4 is 0 Å². The van der Waals surface area contributed by atoms with E-state index in [9.17, 15) is 27.6 Å². The summed E-state index contributed by atoms with van der Waals surface area (Å²) in [5.74, 6) is -5.53. The number of aromatic amines is 1. The van der Waals surface area contributed by atoms with Crippen LogP contribution in [-0.4, -0.2) is 103 Å². The zero-order valence-corrected chi connectivity index (χ0v) is 39.8. The Balaban J connectivity index is 0.864. The Labute approximate surface area is 395 Å². The second-order valence-corrected chi connectivity index (χ2v) is 22.8. The molecule has 0 unspecified atom stereocenters. The number of amides is 2. The van der Waals surface area contributed by atoms with Crippen LogP contribution in [0.3, 0.4) is 0 Å². The molecule has 2 bridgehead atoms. The van der Waals surface area contributed by atoms with Crippen LogP contribution in [0, 0.1) is 29.1 Å². The van der Waals surface area contributed by atoms with Crippen molar-refractivity contribution in [1.29, 1.82) is 0 Å². The van der Waals surface area contributed by atoms with E-state index in [4.69, 9.17) is 19.5 Å². The molecule has 10 rings (SSSR count). The average Bonchev–Trinajstić information content (AvgIpc) is 3.97. The molecule has 68 heavy (non-hydrogen) atoms. The fraction of sp³-hybridized carbons (Fsp3) is 0.500. The first-order valence-corrected chi connectivity index (χ1v) is 25.8. The van der Waals surface area contributed by atoms with Crippen molar-refractivity contribution in [2.45, 2.75) is 102 Å². The molecule has 1 aromatic heterocycles. The van der Waals surface area contributed by atoms with Gasteiger partial charge in [0.2, 0.25) is 11.8 Å². The van der Waals surface area contributed by atoms with Crippen LogP contribution in [0.1, 0.15) is 100 Å². The molecular weight excluding hydrogens is 893 g/mol. The first-order valence-electron chi connectivity index (χ1n) is 23.7. The Kier molecular flexibility index (Phi) is 11.5. The van der Waals surface area contributed by atoms with Crippen LogP contribution in [0.25, 0.3) is 33.5 Å². The van der Waals surface area contributed by atoms with Crippen molar-refractivity contribution in [3.05, 3.63) is 83.3 Å². The third-order valence-electron chi connectivity index (χ3n) is 15.8. The van der Waals surface area contributed by atoms with E-state index in [0.29, 0.717) is 46.7 Å². The van der Waals surface area contributed by atoms with E-state index in [1.165, 1.54) is 20.3 Å². The molecule has 3 aliphatic carbocycles. The van der Waals surface area contributed by atoms with Gasteiger partial charge in [-0.3, -0.25) is 24.2 Å². The fourth-order valence-electron chi connectivity index (χ4n) is 11.9. The summed E-state index contributed by atoms with van der Waals surface area (Å²) >= 11 is 0. The minimum Gasteiger partial charge on any atom is -0.469 e. The highest BCUT2D eigenvalue weighted by Gasteiger charge is 2.56. The van der Waals surface area contributed by atoms with Crippen LogP contribution in [0.15, 0.2) is 65.8 Å². The van der Waals surface area contributed by atoms with E-state index in [0.717, 1.165) is 67.3 Å². The smallest absolute Gasteiger partial charge is 0.306 e. The van der Waals surface area contributed by atoms with Crippen LogP contribution in [0.4, 0.5) is 14.5 Å². The highest BCUT2D eigenvalue weighted by molar-refractivity contribution is 7.90. The van der Waals surface area contributed by atoms with Gasteiger partial charge in [-0.25, -0.2) is 13.4 Å². The zero-order chi connectivity index (χ0) is 48.0. The number of hydrogen-bond acceptors (Lipinski definition) is 10. The second kappa shape index (κ2) is 17.0. The number of benzene rings is 3. The summed E-state index contributed by atoms with van der Waals surface area (Å²) in [6, 6.07) is 15.4. The van der Waals surface area contributed by atoms with Crippen LogP contribution in [0.5, 0.6) is 0 Å². The summed E-state index contributed by atoms with van der Waals surface area (Å²) < 4.78 is 67.4. The van der Waals surface area contributed by atoms with Gasteiger partial charge in [-0.1, -0.05) is 44.2 Å². The molecule has 6 aliphatic rings. The average molecular weight is 950 g/mol. The number of fused-ring (bicyclic) bond motifs is 6. The number of aliphatic imine (C=N–C) groups is 1. The van der Waals surface area contributed by atoms with Gasteiger partial charge in [0.15, 0.2) is 0 Å². The highest BCUT2D eigenvalue weighted by atomic mass is 32.2. The number of nitrogens with one attached hydrogen (secondary N) is 1. The standard InChI is InChI=1S/C52H57F2N5O8S/c1-28(2)38(24-46(61)67-4)50(63)58-27-51(15-16-51)25-44(58)48-55-26-43(57-48)31-8-12-37-36-11-7-30(20-39(36)52(53,54)40(37)21-31)29-9-13-41-34(18-29)22-42(56-41)47-32-6-10-35(19-32)59(47)49(62)33(23-45(60)66-3)14-17-68(5,64)65/h7-9,11-13,18,20-21,26,28,32-33,35,38,44,47H,6,10,14-17,19,22-25,27H2,1-5H3,(H,55,57)/t32-,33+,35+,38+,44-,47-/m0/s1. The van der Waals surface area contributed by atoms with Crippen LogP contribution in [-0.2, 0) is 50.8 Å². The lowest BCUT2D eigenvalue weighted by molar-refractivity contribution is -0.148. The number of likely N-dealkylation sites (tertiary alicyclic amines) is 2. The summed E-state index contributed by atoms with van der Waals surface area (Å²) in [5.41, 5.74) is 5.80. The van der Waals surface area contributed by atoms with Crippen molar-refractivity contribution < 1.29 is 45.9 Å². The number of alkyl halides is 2. The minimum atomic E-state index is -3.38. The topological polar surface area (TPSA) is 168 Å². The van der Waals surface area contributed by atoms with Crippen LogP contribution in [0.2, 0.25) is 0 Å². The monoisotopic (exact) mass is 949 g/mol. The number of sulfone groups is 1. The summed E-state index contributed by atoms with van der Waals surface area (Å²) in [4.78, 5) is 69.8. The van der Waals surface area contributed by atoms with E-state index < -0.39 is 39.5 Å². The second-order valence-electron chi connectivity index (χ2n) is 20.5. The molecule has 1 spiro atoms. The number of imidazole rings is 1. The number of piperidine rings is 1. The Hall–Kier alpha value is -5.77. The van der Waals surface area contributed by atoms with Crippen molar-refractivity contribution in [1.82, 2.24) is 19.8 Å². The molecular formula is C52H57F2N5O8S. The van der Waals surface area contributed by atoms with Crippen molar-refractivity contribution >= 4 is 45.0 Å². The summed E-state index contributed by atoms with van der Waals surface area (Å²) in [7, 11) is -0.808. The number of methoxy groups -OCH3 is 2. The van der Waals surface area contributed by atoms with Gasteiger partial charge in [0.25, 0.3) is 5.92 Å². The normalized spacial score (nSPS) is 23.3. The van der Waals surface area contributed by atoms with E-state index in [1.54, 1.807) is 24.4 Å². The van der Waals surface area contributed by atoms with Gasteiger partial charge in [-0.2, -0.15) is 8.78 Å². The maximum atomic E-state index is 16.7. The molecule has 4 heterocycles. The van der Waals surface area contributed by atoms with Gasteiger partial charge in [0.1, 0.15) is 15.7 Å². The molecule has 6 atom stereocenters. The Bertz CT molecular complexity index is 2890. The number of nitrogens with zero attached hydrogens (tertiary/aromatic N) is 4. The van der Waals surface area contributed by atoms with Crippen molar-refractivity contribution in [3.63, 3.8) is 0 Å². The quantitative estimate of drug-likeness (QED) is 0.122. The first kappa shape index (κ1) is 46.0. The van der Waals surface area contributed by atoms with Gasteiger partial charge in [-0.15, -0.1) is 0 Å². The largest absolute Gasteiger partial charge is 0.469 e. The molecule has 16 heteroatoms. The molecule has 2 amide bonds. The molecule has 13 nitrogen and oxygen atoms in total. The lowest BCUT2D eigenvalue weighted by Gasteiger charge is -2.37. The zero-order valence-electron chi connectivity index (χ0n) is 39.0. The molecule has 4 fully saturated rings. The Morgan fingerprint density at radius 2 is 1.54 bits per heavy atom. The van der Waals surface area contributed by atoms with E-state index >= 15 is 8.78 Å². The maximum Gasteiger partial charge on any atom is 0.306 e. The third kappa shape index (κ3) is 8.23. The number of aromatic nitrogens is 2. The lowest BCUT2D eigenvalue weighted by atomic mass is 9.90. The van der Waals surface area contributed by atoms with Gasteiger partial charge >= 0.3 is 11.9 Å². The highest BCUT2D eigenvalue weighted by Crippen LogP contribution is 2.59. The van der Waals surface area contributed by atoms with E-state index in [-0.39, 0.29) is 83.3 Å². The number of carbonyl (C=O) groups is 4. The van der Waals surface area contributed by atoms with Gasteiger partial charge in [-0.05, 0) is 114 Å². The predicted octanol–water partition coefficient (Wildman–Crippen LogP) is 8.38. The predicted molar refractivity (Wildman–Crippen MR) is 251 cm³/mol. The lowest BCUT2D eigenvalue weighted by Crippen LogP contribution is -2.51. The minimum absolute atomic E-state index is 0.00390. The van der Waals surface area contributed by atoms with Crippen LogP contribution >= 0.6 is 0 Å². The number of esters is 2. The third-order valence-corrected chi connectivity index (χ3v) is 16.7. The van der Waals surface area contributed by atoms with Gasteiger partial charge in [0, 0.05) is 53.6 Å². The number of rotatable bonds is 14. The summed E-state index contributed by atoms with van der Waals surface area (Å²) in [6.07, 6.45) is 8.39. The maximum absolute atomic E-state index is 16.7. The Morgan fingerprint density at radius 3 is 2.22 bits per heavy atom. The molecule has 358 valence electrons. The van der Waals surface area contributed by atoms with E-state index in [2.05, 4.69) is 4.98 Å². The van der Waals surface area contributed by atoms with E-state index in [1.807, 2.05) is 54.0 Å². The molecule has 2 saturated heterocycles. The molecule has 2 saturated carbocycles. The Morgan fingerprint density at radius 1 is 0.882 bits per heavy atom. The van der Waals surface area contributed by atoms with Crippen molar-refractivity contribution in [2.24, 2.45) is 34.1 Å². The SMILES string of the molecule is COC(=O)C[C@@H](CCS(C)(=O)=O)C(=O)N1[C@@H]2CC[C@@H](C2)[C@H]1C1=Nc2ccc(-c3ccc4c(c3)C(F)(F)c3cc(-c5cnc([C@@H]6CC7(CC7)CN6C(=O)[C@H](CC(=O)OC)C(C)C)[nH]5)ccc3-4)cc2C1. The van der Waals surface area contributed by atoms with Gasteiger partial charge in [0.05, 0.1) is 68.4 Å². The number of H-pyrrole nitrogens is 1.